The molecule has 0 spiro atoms. The highest BCUT2D eigenvalue weighted by Crippen LogP contribution is 2.10. The molecule has 0 saturated heterocycles. The van der Waals surface area contributed by atoms with E-state index in [-0.39, 0.29) is 17.9 Å². The summed E-state index contributed by atoms with van der Waals surface area (Å²) < 4.78 is 4.89. The minimum absolute atomic E-state index is 0.0127. The smallest absolute Gasteiger partial charge is 0.308 e. The molecule has 2 unspecified atom stereocenters. The molecule has 13 heavy (non-hydrogen) atoms. The first-order valence-corrected chi connectivity index (χ1v) is 5.00. The zero-order chi connectivity index (χ0) is 10.3. The molecule has 0 bridgehead atoms. The van der Waals surface area contributed by atoms with E-state index >= 15 is 0 Å². The Morgan fingerprint density at radius 3 is 2.46 bits per heavy atom. The molecule has 78 valence electrons. The lowest BCUT2D eigenvalue weighted by atomic mass is 10.0. The van der Waals surface area contributed by atoms with Crippen LogP contribution < -0.4 is 5.73 Å². The number of carbonyl (C=O) groups is 1. The van der Waals surface area contributed by atoms with E-state index in [0.29, 0.717) is 6.61 Å². The first kappa shape index (κ1) is 12.4. The van der Waals surface area contributed by atoms with Crippen LogP contribution in [0.3, 0.4) is 0 Å². The van der Waals surface area contributed by atoms with Crippen molar-refractivity contribution in [3.63, 3.8) is 0 Å². The van der Waals surface area contributed by atoms with Crippen molar-refractivity contribution in [2.45, 2.75) is 46.1 Å². The Kier molecular flexibility index (Phi) is 6.59. The quantitative estimate of drug-likeness (QED) is 0.644. The van der Waals surface area contributed by atoms with E-state index < -0.39 is 0 Å². The second kappa shape index (κ2) is 6.89. The van der Waals surface area contributed by atoms with Gasteiger partial charge in [-0.05, 0) is 26.7 Å². The molecule has 2 atom stereocenters. The number of esters is 1. The predicted molar refractivity (Wildman–Crippen MR) is 53.3 cm³/mol. The third-order valence-electron chi connectivity index (χ3n) is 1.99. The predicted octanol–water partition coefficient (Wildman–Crippen LogP) is 1.70. The average Bonchev–Trinajstić information content (AvgIpc) is 2.04. The van der Waals surface area contributed by atoms with Gasteiger partial charge < -0.3 is 10.5 Å². The zero-order valence-electron chi connectivity index (χ0n) is 8.88. The van der Waals surface area contributed by atoms with E-state index in [9.17, 15) is 4.79 Å². The van der Waals surface area contributed by atoms with E-state index in [4.69, 9.17) is 10.5 Å². The number of hydrogen-bond acceptors (Lipinski definition) is 3. The zero-order valence-corrected chi connectivity index (χ0v) is 8.88. The van der Waals surface area contributed by atoms with Crippen LogP contribution in [-0.4, -0.2) is 18.6 Å². The van der Waals surface area contributed by atoms with Gasteiger partial charge in [-0.2, -0.15) is 0 Å². The van der Waals surface area contributed by atoms with Crippen LogP contribution in [0.5, 0.6) is 0 Å². The molecule has 3 nitrogen and oxygen atoms in total. The number of ether oxygens (including phenoxy) is 1. The van der Waals surface area contributed by atoms with Crippen LogP contribution >= 0.6 is 0 Å². The van der Waals surface area contributed by atoms with Gasteiger partial charge in [0, 0.05) is 6.04 Å². The van der Waals surface area contributed by atoms with Crippen molar-refractivity contribution in [1.29, 1.82) is 0 Å². The first-order chi connectivity index (χ1) is 6.07. The fourth-order valence-corrected chi connectivity index (χ4v) is 1.15. The molecule has 0 aromatic carbocycles. The van der Waals surface area contributed by atoms with Crippen molar-refractivity contribution in [2.75, 3.05) is 6.61 Å². The lowest BCUT2D eigenvalue weighted by Gasteiger charge is -2.10. The van der Waals surface area contributed by atoms with Gasteiger partial charge in [0.1, 0.15) is 0 Å². The molecule has 0 aromatic heterocycles. The van der Waals surface area contributed by atoms with Gasteiger partial charge in [0.15, 0.2) is 0 Å². The molecular formula is C10H21NO2. The standard InChI is InChI=1S/C10H21NO2/c1-4-13-10(12)8(2)6-5-7-9(3)11/h8-9H,4-7,11H2,1-3H3. The summed E-state index contributed by atoms with van der Waals surface area (Å²) in [5.41, 5.74) is 5.60. The number of nitrogens with two attached hydrogens (primary N) is 1. The van der Waals surface area contributed by atoms with Crippen LogP contribution in [0, 0.1) is 5.92 Å². The van der Waals surface area contributed by atoms with Gasteiger partial charge in [-0.25, -0.2) is 0 Å². The number of carbonyl (C=O) groups excluding carboxylic acids is 1. The minimum atomic E-state index is -0.0906. The van der Waals surface area contributed by atoms with E-state index in [1.54, 1.807) is 0 Å². The SMILES string of the molecule is CCOC(=O)C(C)CCCC(C)N. The summed E-state index contributed by atoms with van der Waals surface area (Å²) in [6.45, 7) is 6.18. The third kappa shape index (κ3) is 6.58. The van der Waals surface area contributed by atoms with Crippen molar-refractivity contribution in [2.24, 2.45) is 11.7 Å². The first-order valence-electron chi connectivity index (χ1n) is 5.00. The molecule has 0 fully saturated rings. The topological polar surface area (TPSA) is 52.3 Å². The second-order valence-electron chi connectivity index (χ2n) is 3.56. The monoisotopic (exact) mass is 187 g/mol. The van der Waals surface area contributed by atoms with Crippen LogP contribution in [0.4, 0.5) is 0 Å². The number of hydrogen-bond donors (Lipinski definition) is 1. The van der Waals surface area contributed by atoms with E-state index in [1.165, 1.54) is 0 Å². The molecular weight excluding hydrogens is 166 g/mol. The van der Waals surface area contributed by atoms with Gasteiger partial charge in [-0.15, -0.1) is 0 Å². The summed E-state index contributed by atoms with van der Waals surface area (Å²) in [6, 6.07) is 0.231. The lowest BCUT2D eigenvalue weighted by molar-refractivity contribution is -0.147. The minimum Gasteiger partial charge on any atom is -0.466 e. The maximum absolute atomic E-state index is 11.2. The highest BCUT2D eigenvalue weighted by atomic mass is 16.5. The average molecular weight is 187 g/mol. The molecule has 0 radical (unpaired) electrons. The van der Waals surface area contributed by atoms with E-state index in [2.05, 4.69) is 0 Å². The molecule has 2 N–H and O–H groups in total. The van der Waals surface area contributed by atoms with Crippen molar-refractivity contribution < 1.29 is 9.53 Å². The molecule has 0 aliphatic carbocycles. The maximum atomic E-state index is 11.2. The summed E-state index contributed by atoms with van der Waals surface area (Å²) >= 11 is 0. The highest BCUT2D eigenvalue weighted by molar-refractivity contribution is 5.71. The van der Waals surface area contributed by atoms with Gasteiger partial charge in [0.2, 0.25) is 0 Å². The summed E-state index contributed by atoms with van der Waals surface area (Å²) in [5, 5.41) is 0. The Balaban J connectivity index is 3.49. The fraction of sp³-hybridized carbons (Fsp3) is 0.900. The molecule has 0 aliphatic heterocycles. The molecule has 3 heteroatoms. The van der Waals surface area contributed by atoms with Gasteiger partial charge in [0.05, 0.1) is 12.5 Å². The third-order valence-corrected chi connectivity index (χ3v) is 1.99. The summed E-state index contributed by atoms with van der Waals surface area (Å²) in [7, 11) is 0. The molecule has 0 saturated carbocycles. The normalized spacial score (nSPS) is 15.1. The largest absolute Gasteiger partial charge is 0.466 e. The Hall–Kier alpha value is -0.570. The summed E-state index contributed by atoms with van der Waals surface area (Å²) in [4.78, 5) is 11.2. The number of rotatable bonds is 6. The van der Waals surface area contributed by atoms with Crippen LogP contribution in [0.2, 0.25) is 0 Å². The highest BCUT2D eigenvalue weighted by Gasteiger charge is 2.13. The van der Waals surface area contributed by atoms with Gasteiger partial charge in [-0.1, -0.05) is 13.3 Å². The van der Waals surface area contributed by atoms with E-state index in [0.717, 1.165) is 19.3 Å². The Bertz CT molecular complexity index is 146. The molecule has 0 aromatic rings. The van der Waals surface area contributed by atoms with Gasteiger partial charge in [0.25, 0.3) is 0 Å². The van der Waals surface area contributed by atoms with Gasteiger partial charge in [-0.3, -0.25) is 4.79 Å². The Labute approximate surface area is 80.6 Å². The van der Waals surface area contributed by atoms with Crippen molar-refractivity contribution >= 4 is 5.97 Å². The van der Waals surface area contributed by atoms with Crippen molar-refractivity contribution in [3.05, 3.63) is 0 Å². The fourth-order valence-electron chi connectivity index (χ4n) is 1.15. The Morgan fingerprint density at radius 1 is 1.38 bits per heavy atom. The van der Waals surface area contributed by atoms with Crippen LogP contribution in [0.25, 0.3) is 0 Å². The molecule has 0 amide bonds. The van der Waals surface area contributed by atoms with E-state index in [1.807, 2.05) is 20.8 Å². The summed E-state index contributed by atoms with van der Waals surface area (Å²) in [6.07, 6.45) is 2.85. The van der Waals surface area contributed by atoms with Crippen LogP contribution in [0.1, 0.15) is 40.0 Å². The Morgan fingerprint density at radius 2 is 2.00 bits per heavy atom. The lowest BCUT2D eigenvalue weighted by Crippen LogP contribution is -2.17. The molecule has 0 aliphatic rings. The maximum Gasteiger partial charge on any atom is 0.308 e. The van der Waals surface area contributed by atoms with Gasteiger partial charge >= 0.3 is 5.97 Å². The van der Waals surface area contributed by atoms with Crippen molar-refractivity contribution in [3.8, 4) is 0 Å². The molecule has 0 rings (SSSR count). The molecule has 0 heterocycles. The van der Waals surface area contributed by atoms with Crippen LogP contribution in [-0.2, 0) is 9.53 Å². The second-order valence-corrected chi connectivity index (χ2v) is 3.56. The summed E-state index contributed by atoms with van der Waals surface area (Å²) in [5.74, 6) is -0.0779. The van der Waals surface area contributed by atoms with Crippen LogP contribution in [0.15, 0.2) is 0 Å². The van der Waals surface area contributed by atoms with Crippen molar-refractivity contribution in [1.82, 2.24) is 0 Å².